The van der Waals surface area contributed by atoms with Gasteiger partial charge in [-0.3, -0.25) is 19.1 Å². The summed E-state index contributed by atoms with van der Waals surface area (Å²) in [7, 11) is 3.15. The van der Waals surface area contributed by atoms with Crippen LogP contribution >= 0.6 is 0 Å². The van der Waals surface area contributed by atoms with Crippen molar-refractivity contribution in [3.8, 4) is 0 Å². The Bertz CT molecular complexity index is 1460. The Labute approximate surface area is 224 Å². The van der Waals surface area contributed by atoms with Crippen LogP contribution in [-0.2, 0) is 22.1 Å². The molecule has 0 saturated carbocycles. The highest BCUT2D eigenvalue weighted by molar-refractivity contribution is 6.11. The number of aromatic nitrogens is 2. The number of amides is 3. The quantitative estimate of drug-likeness (QED) is 0.492. The molecule has 1 aromatic heterocycles. The lowest BCUT2D eigenvalue weighted by molar-refractivity contribution is -0.144. The normalized spacial score (nSPS) is 16.7. The molecular formula is C28H30F3N5O3. The van der Waals surface area contributed by atoms with Crippen LogP contribution in [0.2, 0.25) is 0 Å². The van der Waals surface area contributed by atoms with Gasteiger partial charge >= 0.3 is 6.18 Å². The molecule has 3 amide bonds. The van der Waals surface area contributed by atoms with Crippen molar-refractivity contribution in [1.29, 1.82) is 0 Å². The Morgan fingerprint density at radius 1 is 1.13 bits per heavy atom. The number of fused-ring (bicyclic) bond motifs is 3. The van der Waals surface area contributed by atoms with Crippen molar-refractivity contribution in [3.05, 3.63) is 59.3 Å². The Morgan fingerprint density at radius 3 is 2.54 bits per heavy atom. The molecule has 5 rings (SSSR count). The van der Waals surface area contributed by atoms with Crippen molar-refractivity contribution < 1.29 is 27.6 Å². The lowest BCUT2D eigenvalue weighted by atomic mass is 9.72. The second-order valence-electron chi connectivity index (χ2n) is 10.5. The molecule has 206 valence electrons. The molecule has 1 saturated heterocycles. The number of aryl methyl sites for hydroxylation is 2. The van der Waals surface area contributed by atoms with E-state index >= 15 is 0 Å². The van der Waals surface area contributed by atoms with Crippen molar-refractivity contribution in [2.24, 2.45) is 7.05 Å². The summed E-state index contributed by atoms with van der Waals surface area (Å²) in [6.07, 6.45) is -3.00. The first kappa shape index (κ1) is 26.7. The van der Waals surface area contributed by atoms with Crippen molar-refractivity contribution in [1.82, 2.24) is 19.6 Å². The number of alkyl halides is 3. The van der Waals surface area contributed by atoms with Gasteiger partial charge in [-0.25, -0.2) is 0 Å². The third-order valence-corrected chi connectivity index (χ3v) is 8.02. The number of carbonyl (C=O) groups is 3. The highest BCUT2D eigenvalue weighted by Gasteiger charge is 2.53. The van der Waals surface area contributed by atoms with Crippen molar-refractivity contribution in [2.75, 3.05) is 38.1 Å². The molecule has 2 aliphatic rings. The van der Waals surface area contributed by atoms with Crippen LogP contribution in [-0.4, -0.2) is 76.7 Å². The van der Waals surface area contributed by atoms with Gasteiger partial charge in [0.05, 0.1) is 23.5 Å². The number of benzene rings is 2. The van der Waals surface area contributed by atoms with E-state index in [0.717, 1.165) is 26.9 Å². The van der Waals surface area contributed by atoms with E-state index in [2.05, 4.69) is 5.10 Å². The predicted octanol–water partition coefficient (Wildman–Crippen LogP) is 3.81. The number of halogens is 3. The summed E-state index contributed by atoms with van der Waals surface area (Å²) in [5, 5.41) is 5.10. The van der Waals surface area contributed by atoms with Crippen LogP contribution in [0.15, 0.2) is 42.6 Å². The maximum atomic E-state index is 13.9. The largest absolute Gasteiger partial charge is 0.390 e. The molecular weight excluding hydrogens is 511 g/mol. The minimum absolute atomic E-state index is 0.121. The molecule has 11 heteroatoms. The molecule has 0 N–H and O–H groups in total. The molecule has 3 aromatic rings. The second kappa shape index (κ2) is 9.69. The number of piperidine rings is 1. The molecule has 8 nitrogen and oxygen atoms in total. The standard InChI is InChI=1S/C28H30F3N5O3/c1-18-5-4-6-22-24(18)27(26(39)36(22)17-23(37)33(2)12-11-28(29,30)31)9-13-35(14-10-27)25(38)19-7-8-21-20(15-19)16-32-34(21)3/h4-8,15-16H,9-14,17H2,1-3H3. The Balaban J connectivity index is 1.34. The van der Waals surface area contributed by atoms with E-state index in [9.17, 15) is 27.6 Å². The Morgan fingerprint density at radius 2 is 1.85 bits per heavy atom. The Hall–Kier alpha value is -3.89. The summed E-state index contributed by atoms with van der Waals surface area (Å²) in [5.74, 6) is -0.923. The van der Waals surface area contributed by atoms with Gasteiger partial charge in [0.2, 0.25) is 11.8 Å². The predicted molar refractivity (Wildman–Crippen MR) is 139 cm³/mol. The van der Waals surface area contributed by atoms with Crippen LogP contribution in [0.4, 0.5) is 18.9 Å². The van der Waals surface area contributed by atoms with Crippen LogP contribution < -0.4 is 4.90 Å². The zero-order valence-electron chi connectivity index (χ0n) is 22.1. The van der Waals surface area contributed by atoms with Gasteiger partial charge in [0.1, 0.15) is 6.54 Å². The van der Waals surface area contributed by atoms with E-state index in [4.69, 9.17) is 0 Å². The van der Waals surface area contributed by atoms with Crippen LogP contribution in [0.25, 0.3) is 10.9 Å². The average molecular weight is 542 g/mol. The molecule has 0 unspecified atom stereocenters. The van der Waals surface area contributed by atoms with Crippen LogP contribution in [0.1, 0.15) is 40.7 Å². The number of carbonyl (C=O) groups excluding carboxylic acids is 3. The molecule has 1 fully saturated rings. The van der Waals surface area contributed by atoms with Crippen molar-refractivity contribution >= 4 is 34.3 Å². The van der Waals surface area contributed by atoms with Gasteiger partial charge in [-0.15, -0.1) is 0 Å². The van der Waals surface area contributed by atoms with Gasteiger partial charge in [-0.05, 0) is 55.2 Å². The fourth-order valence-corrected chi connectivity index (χ4v) is 5.84. The number of hydrogen-bond acceptors (Lipinski definition) is 4. The SMILES string of the molecule is Cc1cccc2c1C1(CCN(C(=O)c3ccc4c(cnn4C)c3)CC1)C(=O)N2CC(=O)N(C)CCC(F)(F)F. The lowest BCUT2D eigenvalue weighted by Gasteiger charge is -2.39. The van der Waals surface area contributed by atoms with Crippen LogP contribution in [0.3, 0.4) is 0 Å². The fraction of sp³-hybridized carbons (Fsp3) is 0.429. The zero-order chi connectivity index (χ0) is 28.1. The first-order valence-corrected chi connectivity index (χ1v) is 12.8. The molecule has 0 aliphatic carbocycles. The van der Waals surface area contributed by atoms with Gasteiger partial charge in [0.25, 0.3) is 5.91 Å². The number of nitrogens with zero attached hydrogens (tertiary/aromatic N) is 5. The minimum Gasteiger partial charge on any atom is -0.344 e. The first-order valence-electron chi connectivity index (χ1n) is 12.8. The number of rotatable bonds is 5. The first-order chi connectivity index (χ1) is 18.4. The third-order valence-electron chi connectivity index (χ3n) is 8.02. The van der Waals surface area contributed by atoms with E-state index in [0.29, 0.717) is 37.2 Å². The van der Waals surface area contributed by atoms with E-state index in [1.807, 2.05) is 32.2 Å². The van der Waals surface area contributed by atoms with Gasteiger partial charge in [0, 0.05) is 50.4 Å². The summed E-state index contributed by atoms with van der Waals surface area (Å²) >= 11 is 0. The average Bonchev–Trinajstić information content (AvgIpc) is 3.38. The lowest BCUT2D eigenvalue weighted by Crippen LogP contribution is -2.51. The topological polar surface area (TPSA) is 78.8 Å². The van der Waals surface area contributed by atoms with Gasteiger partial charge < -0.3 is 14.7 Å². The zero-order valence-corrected chi connectivity index (χ0v) is 22.1. The monoisotopic (exact) mass is 541 g/mol. The summed E-state index contributed by atoms with van der Waals surface area (Å²) in [5.41, 5.74) is 2.93. The second-order valence-corrected chi connectivity index (χ2v) is 10.5. The van der Waals surface area contributed by atoms with Crippen molar-refractivity contribution in [2.45, 2.75) is 37.8 Å². The summed E-state index contributed by atoms with van der Waals surface area (Å²) in [6, 6.07) is 10.9. The molecule has 2 aromatic carbocycles. The van der Waals surface area contributed by atoms with E-state index < -0.39 is 30.5 Å². The van der Waals surface area contributed by atoms with Crippen molar-refractivity contribution in [3.63, 3.8) is 0 Å². The van der Waals surface area contributed by atoms with Crippen LogP contribution in [0, 0.1) is 6.92 Å². The van der Waals surface area contributed by atoms with E-state index in [1.54, 1.807) is 34.0 Å². The molecule has 39 heavy (non-hydrogen) atoms. The number of likely N-dealkylation sites (tertiary alicyclic amines) is 1. The number of likely N-dealkylation sites (N-methyl/N-ethyl adjacent to an activating group) is 1. The van der Waals surface area contributed by atoms with E-state index in [1.165, 1.54) is 11.9 Å². The molecule has 1 spiro atoms. The molecule has 0 atom stereocenters. The maximum absolute atomic E-state index is 13.9. The fourth-order valence-electron chi connectivity index (χ4n) is 5.84. The summed E-state index contributed by atoms with van der Waals surface area (Å²) < 4.78 is 39.7. The summed E-state index contributed by atoms with van der Waals surface area (Å²) in [4.78, 5) is 44.3. The molecule has 3 heterocycles. The minimum atomic E-state index is -4.37. The maximum Gasteiger partial charge on any atom is 0.390 e. The highest BCUT2D eigenvalue weighted by Crippen LogP contribution is 2.49. The van der Waals surface area contributed by atoms with Gasteiger partial charge in [-0.2, -0.15) is 18.3 Å². The molecule has 0 radical (unpaired) electrons. The van der Waals surface area contributed by atoms with Gasteiger partial charge in [0.15, 0.2) is 0 Å². The third kappa shape index (κ3) is 4.74. The van der Waals surface area contributed by atoms with Crippen LogP contribution in [0.5, 0.6) is 0 Å². The Kier molecular flexibility index (Phi) is 6.64. The number of anilines is 1. The smallest absolute Gasteiger partial charge is 0.344 e. The number of hydrogen-bond donors (Lipinski definition) is 0. The highest BCUT2D eigenvalue weighted by atomic mass is 19.4. The molecule has 0 bridgehead atoms. The van der Waals surface area contributed by atoms with E-state index in [-0.39, 0.29) is 18.4 Å². The summed E-state index contributed by atoms with van der Waals surface area (Å²) in [6.45, 7) is 1.82. The molecule has 2 aliphatic heterocycles. The van der Waals surface area contributed by atoms with Gasteiger partial charge in [-0.1, -0.05) is 12.1 Å².